The molecule has 2 N–H and O–H groups in total. The molecule has 0 bridgehead atoms. The molecule has 2 heterocycles. The van der Waals surface area contributed by atoms with Crippen molar-refractivity contribution in [3.8, 4) is 0 Å². The van der Waals surface area contributed by atoms with E-state index in [4.69, 9.17) is 9.84 Å². The van der Waals surface area contributed by atoms with Gasteiger partial charge < -0.3 is 15.2 Å². The number of aromatic nitrogens is 2. The zero-order valence-electron chi connectivity index (χ0n) is 10.5. The summed E-state index contributed by atoms with van der Waals surface area (Å²) in [5, 5.41) is 15.1. The quantitative estimate of drug-likeness (QED) is 0.797. The Balaban J connectivity index is 1.74. The second-order valence-electron chi connectivity index (χ2n) is 4.54. The van der Waals surface area contributed by atoms with E-state index in [2.05, 4.69) is 10.4 Å². The summed E-state index contributed by atoms with van der Waals surface area (Å²) < 4.78 is 6.70. The van der Waals surface area contributed by atoms with Crippen molar-refractivity contribution in [1.29, 1.82) is 0 Å². The lowest BCUT2D eigenvalue weighted by Gasteiger charge is -2.08. The molecule has 1 aliphatic heterocycles. The van der Waals surface area contributed by atoms with Crippen molar-refractivity contribution in [2.24, 2.45) is 0 Å². The van der Waals surface area contributed by atoms with E-state index in [1.165, 1.54) is 17.1 Å². The number of carbonyl (C=O) groups is 2. The minimum atomic E-state index is -0.973. The van der Waals surface area contributed by atoms with Crippen molar-refractivity contribution < 1.29 is 19.4 Å². The maximum Gasteiger partial charge on any atom is 0.325 e. The highest BCUT2D eigenvalue weighted by atomic mass is 16.5. The molecule has 0 spiro atoms. The number of anilines is 1. The number of hydrogen-bond acceptors (Lipinski definition) is 4. The van der Waals surface area contributed by atoms with E-state index < -0.39 is 5.97 Å². The molecular weight excluding hydrogens is 250 g/mol. The number of nitrogens with zero attached hydrogens (tertiary/aromatic N) is 2. The third kappa shape index (κ3) is 4.36. The molecule has 0 aliphatic carbocycles. The van der Waals surface area contributed by atoms with E-state index in [1.54, 1.807) is 0 Å². The summed E-state index contributed by atoms with van der Waals surface area (Å²) in [6, 6.07) is 0. The topological polar surface area (TPSA) is 93.5 Å². The highest BCUT2D eigenvalue weighted by molar-refractivity contribution is 5.90. The number of hydrogen-bond donors (Lipinski definition) is 2. The Labute approximate surface area is 110 Å². The average Bonchev–Trinajstić information content (AvgIpc) is 2.97. The van der Waals surface area contributed by atoms with E-state index in [1.807, 2.05) is 0 Å². The van der Waals surface area contributed by atoms with Crippen LogP contribution in [0.15, 0.2) is 12.4 Å². The molecule has 1 unspecified atom stereocenters. The molecule has 1 aromatic rings. The number of carboxylic acid groups (broad SMARTS) is 1. The molecule has 1 aliphatic rings. The van der Waals surface area contributed by atoms with Crippen LogP contribution in [0.4, 0.5) is 5.69 Å². The molecule has 1 aromatic heterocycles. The van der Waals surface area contributed by atoms with Gasteiger partial charge in [0.2, 0.25) is 5.91 Å². The molecule has 0 radical (unpaired) electrons. The van der Waals surface area contributed by atoms with Crippen molar-refractivity contribution >= 4 is 17.6 Å². The first-order valence-electron chi connectivity index (χ1n) is 6.29. The van der Waals surface area contributed by atoms with Gasteiger partial charge in [-0.2, -0.15) is 5.10 Å². The van der Waals surface area contributed by atoms with Crippen LogP contribution >= 0.6 is 0 Å². The smallest absolute Gasteiger partial charge is 0.325 e. The summed E-state index contributed by atoms with van der Waals surface area (Å²) in [6.45, 7) is 0.569. The van der Waals surface area contributed by atoms with Crippen molar-refractivity contribution in [2.45, 2.75) is 38.3 Å². The number of carboxylic acids is 1. The lowest BCUT2D eigenvalue weighted by atomic mass is 10.1. The molecule has 0 saturated carbocycles. The van der Waals surface area contributed by atoms with Crippen molar-refractivity contribution in [3.05, 3.63) is 12.4 Å². The zero-order valence-corrected chi connectivity index (χ0v) is 10.5. The van der Waals surface area contributed by atoms with Crippen LogP contribution in [0.25, 0.3) is 0 Å². The highest BCUT2D eigenvalue weighted by Gasteiger charge is 2.16. The molecule has 104 valence electrons. The number of ether oxygens (including phenoxy) is 1. The summed E-state index contributed by atoms with van der Waals surface area (Å²) in [6.07, 6.45) is 6.33. The van der Waals surface area contributed by atoms with E-state index in [0.717, 1.165) is 25.9 Å². The summed E-state index contributed by atoms with van der Waals surface area (Å²) in [5.41, 5.74) is 0.513. The molecule has 1 amide bonds. The van der Waals surface area contributed by atoms with Crippen LogP contribution < -0.4 is 5.32 Å². The monoisotopic (exact) mass is 267 g/mol. The largest absolute Gasteiger partial charge is 0.480 e. The van der Waals surface area contributed by atoms with Crippen LogP contribution in [-0.2, 0) is 20.9 Å². The van der Waals surface area contributed by atoms with Gasteiger partial charge in [0.05, 0.1) is 18.0 Å². The van der Waals surface area contributed by atoms with Gasteiger partial charge in [-0.25, -0.2) is 0 Å². The summed E-state index contributed by atoms with van der Waals surface area (Å²) in [4.78, 5) is 22.2. The van der Waals surface area contributed by atoms with Crippen LogP contribution in [-0.4, -0.2) is 39.5 Å². The van der Waals surface area contributed by atoms with E-state index >= 15 is 0 Å². The zero-order chi connectivity index (χ0) is 13.7. The van der Waals surface area contributed by atoms with Crippen LogP contribution in [0, 0.1) is 0 Å². The Hall–Kier alpha value is -1.89. The van der Waals surface area contributed by atoms with Crippen molar-refractivity contribution in [1.82, 2.24) is 9.78 Å². The van der Waals surface area contributed by atoms with Gasteiger partial charge in [0, 0.05) is 19.2 Å². The molecular formula is C12H17N3O4. The normalized spacial score (nSPS) is 18.4. The minimum absolute atomic E-state index is 0.106. The van der Waals surface area contributed by atoms with E-state index in [9.17, 15) is 9.59 Å². The third-order valence-corrected chi connectivity index (χ3v) is 2.93. The number of amides is 1. The van der Waals surface area contributed by atoms with Crippen molar-refractivity contribution in [2.75, 3.05) is 11.9 Å². The first-order valence-corrected chi connectivity index (χ1v) is 6.29. The van der Waals surface area contributed by atoms with E-state index in [0.29, 0.717) is 12.1 Å². The highest BCUT2D eigenvalue weighted by Crippen LogP contribution is 2.17. The Morgan fingerprint density at radius 3 is 3.11 bits per heavy atom. The van der Waals surface area contributed by atoms with Gasteiger partial charge in [-0.1, -0.05) is 0 Å². The molecule has 7 heteroatoms. The van der Waals surface area contributed by atoms with Gasteiger partial charge in [0.15, 0.2) is 0 Å². The van der Waals surface area contributed by atoms with Crippen LogP contribution in [0.3, 0.4) is 0 Å². The number of aliphatic carboxylic acids is 1. The molecule has 0 aromatic carbocycles. The average molecular weight is 267 g/mol. The number of carbonyl (C=O) groups excluding carboxylic acids is 1. The molecule has 1 atom stereocenters. The van der Waals surface area contributed by atoms with Gasteiger partial charge in [-0.05, 0) is 19.3 Å². The Morgan fingerprint density at radius 2 is 2.42 bits per heavy atom. The Morgan fingerprint density at radius 1 is 1.58 bits per heavy atom. The minimum Gasteiger partial charge on any atom is -0.480 e. The predicted molar refractivity (Wildman–Crippen MR) is 66.7 cm³/mol. The predicted octanol–water partition coefficient (Wildman–Crippen LogP) is 0.865. The standard InChI is InChI=1S/C12H17N3O4/c16-11(4-3-10-2-1-5-19-10)14-9-6-13-15(7-9)8-12(17)18/h6-7,10H,1-5,8H2,(H,14,16)(H,17,18). The van der Waals surface area contributed by atoms with Gasteiger partial charge >= 0.3 is 5.97 Å². The lowest BCUT2D eigenvalue weighted by molar-refractivity contribution is -0.137. The maximum atomic E-state index is 11.7. The van der Waals surface area contributed by atoms with Crippen LogP contribution in [0.2, 0.25) is 0 Å². The molecule has 2 rings (SSSR count). The molecule has 1 fully saturated rings. The first kappa shape index (κ1) is 13.5. The maximum absolute atomic E-state index is 11.7. The molecule has 7 nitrogen and oxygen atoms in total. The summed E-state index contributed by atoms with van der Waals surface area (Å²) in [7, 11) is 0. The summed E-state index contributed by atoms with van der Waals surface area (Å²) in [5.74, 6) is -1.08. The fourth-order valence-corrected chi connectivity index (χ4v) is 2.04. The van der Waals surface area contributed by atoms with Gasteiger partial charge in [0.1, 0.15) is 6.54 Å². The fourth-order valence-electron chi connectivity index (χ4n) is 2.04. The van der Waals surface area contributed by atoms with Crippen LogP contribution in [0.5, 0.6) is 0 Å². The number of rotatable bonds is 6. The Kier molecular flexibility index (Phi) is 4.51. The molecule has 1 saturated heterocycles. The lowest BCUT2D eigenvalue weighted by Crippen LogP contribution is -2.15. The molecule has 19 heavy (non-hydrogen) atoms. The Bertz CT molecular complexity index is 452. The fraction of sp³-hybridized carbons (Fsp3) is 0.583. The second kappa shape index (κ2) is 6.33. The van der Waals surface area contributed by atoms with E-state index in [-0.39, 0.29) is 18.6 Å². The number of nitrogens with one attached hydrogen (secondary N) is 1. The first-order chi connectivity index (χ1) is 9.13. The SMILES string of the molecule is O=C(O)Cn1cc(NC(=O)CCC2CCCO2)cn1. The van der Waals surface area contributed by atoms with Crippen LogP contribution in [0.1, 0.15) is 25.7 Å². The second-order valence-corrected chi connectivity index (χ2v) is 4.54. The van der Waals surface area contributed by atoms with Gasteiger partial charge in [-0.3, -0.25) is 14.3 Å². The van der Waals surface area contributed by atoms with Crippen molar-refractivity contribution in [3.63, 3.8) is 0 Å². The summed E-state index contributed by atoms with van der Waals surface area (Å²) >= 11 is 0. The van der Waals surface area contributed by atoms with Gasteiger partial charge in [0.25, 0.3) is 0 Å². The van der Waals surface area contributed by atoms with Gasteiger partial charge in [-0.15, -0.1) is 0 Å². The third-order valence-electron chi connectivity index (χ3n) is 2.93.